The Labute approximate surface area is 116 Å². The van der Waals surface area contributed by atoms with Gasteiger partial charge in [-0.1, -0.05) is 23.7 Å². The van der Waals surface area contributed by atoms with Gasteiger partial charge < -0.3 is 10.1 Å². The van der Waals surface area contributed by atoms with Crippen LogP contribution in [0.3, 0.4) is 0 Å². The van der Waals surface area contributed by atoms with Gasteiger partial charge in [0.15, 0.2) is 0 Å². The number of pyridine rings is 1. The Morgan fingerprint density at radius 2 is 2.11 bits per heavy atom. The van der Waals surface area contributed by atoms with Gasteiger partial charge in [0.2, 0.25) is 5.88 Å². The molecule has 0 saturated carbocycles. The van der Waals surface area contributed by atoms with Gasteiger partial charge >= 0.3 is 0 Å². The molecule has 0 bridgehead atoms. The second kappa shape index (κ2) is 6.50. The summed E-state index contributed by atoms with van der Waals surface area (Å²) in [6.07, 6.45) is 1.73. The summed E-state index contributed by atoms with van der Waals surface area (Å²) in [5, 5.41) is 3.56. The van der Waals surface area contributed by atoms with E-state index in [0.29, 0.717) is 29.6 Å². The molecule has 0 aliphatic heterocycles. The van der Waals surface area contributed by atoms with E-state index in [9.17, 15) is 4.39 Å². The Kier molecular flexibility index (Phi) is 4.71. The topological polar surface area (TPSA) is 34.1 Å². The summed E-state index contributed by atoms with van der Waals surface area (Å²) < 4.78 is 18.5. The van der Waals surface area contributed by atoms with Crippen LogP contribution in [0.4, 0.5) is 4.39 Å². The van der Waals surface area contributed by atoms with Crippen LogP contribution in [0.25, 0.3) is 0 Å². The van der Waals surface area contributed by atoms with E-state index in [1.54, 1.807) is 31.5 Å². The molecule has 0 unspecified atom stereocenters. The Bertz CT molecular complexity index is 546. The number of methoxy groups -OCH3 is 1. The lowest BCUT2D eigenvalue weighted by molar-refractivity contribution is 0.397. The molecular formula is C14H14ClFN2O. The lowest BCUT2D eigenvalue weighted by atomic mass is 10.2. The molecule has 0 saturated heterocycles. The monoisotopic (exact) mass is 280 g/mol. The molecule has 3 nitrogen and oxygen atoms in total. The van der Waals surface area contributed by atoms with E-state index in [2.05, 4.69) is 10.3 Å². The highest BCUT2D eigenvalue weighted by Crippen LogP contribution is 2.14. The average molecular weight is 281 g/mol. The van der Waals surface area contributed by atoms with Gasteiger partial charge in [-0.05, 0) is 17.7 Å². The van der Waals surface area contributed by atoms with E-state index in [-0.39, 0.29) is 5.82 Å². The average Bonchev–Trinajstić information content (AvgIpc) is 2.42. The number of hydrogen-bond donors (Lipinski definition) is 1. The molecule has 0 radical (unpaired) electrons. The van der Waals surface area contributed by atoms with Crippen molar-refractivity contribution in [3.8, 4) is 5.88 Å². The van der Waals surface area contributed by atoms with Crippen molar-refractivity contribution < 1.29 is 9.13 Å². The highest BCUT2D eigenvalue weighted by Gasteiger charge is 2.02. The van der Waals surface area contributed by atoms with Crippen LogP contribution in [-0.4, -0.2) is 12.1 Å². The number of halogens is 2. The van der Waals surface area contributed by atoms with E-state index >= 15 is 0 Å². The predicted molar refractivity (Wildman–Crippen MR) is 72.7 cm³/mol. The van der Waals surface area contributed by atoms with Gasteiger partial charge in [-0.25, -0.2) is 9.37 Å². The number of benzene rings is 1. The predicted octanol–water partition coefficient (Wildman–Crippen LogP) is 3.17. The minimum absolute atomic E-state index is 0.298. The molecule has 0 aliphatic rings. The van der Waals surface area contributed by atoms with E-state index in [0.717, 1.165) is 5.56 Å². The first-order valence-electron chi connectivity index (χ1n) is 5.82. The zero-order valence-electron chi connectivity index (χ0n) is 10.5. The van der Waals surface area contributed by atoms with Crippen LogP contribution in [0.1, 0.15) is 11.1 Å². The first kappa shape index (κ1) is 13.8. The molecule has 2 aromatic rings. The molecule has 1 aromatic heterocycles. The minimum Gasteiger partial charge on any atom is -0.481 e. The molecule has 100 valence electrons. The fraction of sp³-hybridized carbons (Fsp3) is 0.214. The highest BCUT2D eigenvalue weighted by atomic mass is 35.5. The van der Waals surface area contributed by atoms with E-state index in [1.165, 1.54) is 6.07 Å². The smallest absolute Gasteiger partial charge is 0.212 e. The van der Waals surface area contributed by atoms with Crippen molar-refractivity contribution >= 4 is 11.6 Å². The van der Waals surface area contributed by atoms with Crippen molar-refractivity contribution in [2.75, 3.05) is 7.11 Å². The summed E-state index contributed by atoms with van der Waals surface area (Å²) in [5.41, 5.74) is 1.60. The van der Waals surface area contributed by atoms with E-state index in [1.807, 2.05) is 6.07 Å². The van der Waals surface area contributed by atoms with Crippen molar-refractivity contribution in [2.45, 2.75) is 13.1 Å². The lowest BCUT2D eigenvalue weighted by Crippen LogP contribution is -2.13. The van der Waals surface area contributed by atoms with Crippen molar-refractivity contribution in [3.63, 3.8) is 0 Å². The summed E-state index contributed by atoms with van der Waals surface area (Å²) in [4.78, 5) is 4.10. The van der Waals surface area contributed by atoms with E-state index in [4.69, 9.17) is 16.3 Å². The Hall–Kier alpha value is -1.65. The maximum atomic E-state index is 13.5. The fourth-order valence-corrected chi connectivity index (χ4v) is 1.80. The number of ether oxygens (including phenoxy) is 1. The van der Waals surface area contributed by atoms with Gasteiger partial charge in [0.1, 0.15) is 5.82 Å². The third-order valence-corrected chi connectivity index (χ3v) is 2.90. The molecule has 0 spiro atoms. The SMILES string of the molecule is COc1ccc(CNCc2ccc(Cl)cc2F)cn1. The van der Waals surface area contributed by atoms with Crippen molar-refractivity contribution in [2.24, 2.45) is 0 Å². The van der Waals surface area contributed by atoms with Crippen LogP contribution in [0.5, 0.6) is 5.88 Å². The van der Waals surface area contributed by atoms with Gasteiger partial charge in [-0.15, -0.1) is 0 Å². The summed E-state index contributed by atoms with van der Waals surface area (Å²) in [5.74, 6) is 0.278. The van der Waals surface area contributed by atoms with Crippen LogP contribution in [-0.2, 0) is 13.1 Å². The van der Waals surface area contributed by atoms with Gasteiger partial charge in [0.25, 0.3) is 0 Å². The molecule has 2 rings (SSSR count). The lowest BCUT2D eigenvalue weighted by Gasteiger charge is -2.07. The van der Waals surface area contributed by atoms with Crippen LogP contribution >= 0.6 is 11.6 Å². The zero-order chi connectivity index (χ0) is 13.7. The highest BCUT2D eigenvalue weighted by molar-refractivity contribution is 6.30. The Balaban J connectivity index is 1.88. The first-order chi connectivity index (χ1) is 9.19. The molecule has 0 amide bonds. The second-order valence-electron chi connectivity index (χ2n) is 4.05. The standard InChI is InChI=1S/C14H14ClFN2O/c1-19-14-5-2-10(8-18-14)7-17-9-11-3-4-12(15)6-13(11)16/h2-6,8,17H,7,9H2,1H3. The maximum Gasteiger partial charge on any atom is 0.212 e. The zero-order valence-corrected chi connectivity index (χ0v) is 11.2. The number of nitrogens with one attached hydrogen (secondary N) is 1. The second-order valence-corrected chi connectivity index (χ2v) is 4.48. The summed E-state index contributed by atoms with van der Waals surface area (Å²) >= 11 is 5.69. The maximum absolute atomic E-state index is 13.5. The molecule has 1 aromatic carbocycles. The quantitative estimate of drug-likeness (QED) is 0.913. The number of hydrogen-bond acceptors (Lipinski definition) is 3. The number of rotatable bonds is 5. The molecule has 19 heavy (non-hydrogen) atoms. The molecule has 0 atom stereocenters. The van der Waals surface area contributed by atoms with Crippen molar-refractivity contribution in [3.05, 3.63) is 58.5 Å². The summed E-state index contributed by atoms with van der Waals surface area (Å²) in [6.45, 7) is 1.05. The Morgan fingerprint density at radius 1 is 1.26 bits per heavy atom. The van der Waals surface area contributed by atoms with Crippen molar-refractivity contribution in [1.82, 2.24) is 10.3 Å². The third-order valence-electron chi connectivity index (χ3n) is 2.67. The first-order valence-corrected chi connectivity index (χ1v) is 6.20. The van der Waals surface area contributed by atoms with Crippen LogP contribution in [0.15, 0.2) is 36.5 Å². The molecule has 5 heteroatoms. The van der Waals surface area contributed by atoms with Crippen LogP contribution in [0, 0.1) is 5.82 Å². The number of nitrogens with zero attached hydrogens (tertiary/aromatic N) is 1. The van der Waals surface area contributed by atoms with E-state index < -0.39 is 0 Å². The summed E-state index contributed by atoms with van der Waals surface area (Å²) in [7, 11) is 1.57. The molecular weight excluding hydrogens is 267 g/mol. The Morgan fingerprint density at radius 3 is 2.74 bits per heavy atom. The van der Waals surface area contributed by atoms with Gasteiger partial charge in [0.05, 0.1) is 7.11 Å². The van der Waals surface area contributed by atoms with Crippen LogP contribution < -0.4 is 10.1 Å². The molecule has 1 N–H and O–H groups in total. The van der Waals surface area contributed by atoms with Gasteiger partial charge in [0, 0.05) is 35.9 Å². The van der Waals surface area contributed by atoms with Gasteiger partial charge in [-0.2, -0.15) is 0 Å². The molecule has 0 aliphatic carbocycles. The normalized spacial score (nSPS) is 10.5. The van der Waals surface area contributed by atoms with Crippen molar-refractivity contribution in [1.29, 1.82) is 0 Å². The number of aromatic nitrogens is 1. The fourth-order valence-electron chi connectivity index (χ4n) is 1.64. The largest absolute Gasteiger partial charge is 0.481 e. The molecule has 1 heterocycles. The summed E-state index contributed by atoms with van der Waals surface area (Å²) in [6, 6.07) is 8.37. The van der Waals surface area contributed by atoms with Crippen LogP contribution in [0.2, 0.25) is 5.02 Å². The molecule has 0 fully saturated rings. The van der Waals surface area contributed by atoms with Gasteiger partial charge in [-0.3, -0.25) is 0 Å². The third kappa shape index (κ3) is 3.91. The minimum atomic E-state index is -0.298.